The highest BCUT2D eigenvalue weighted by atomic mass is 16.4. The normalized spacial score (nSPS) is 26.0. The lowest BCUT2D eigenvalue weighted by Crippen LogP contribution is -2.62. The van der Waals surface area contributed by atoms with E-state index in [1.54, 1.807) is 4.90 Å². The van der Waals surface area contributed by atoms with E-state index in [9.17, 15) is 9.90 Å². The van der Waals surface area contributed by atoms with Crippen molar-refractivity contribution in [3.05, 3.63) is 35.4 Å². The third-order valence-corrected chi connectivity index (χ3v) is 6.04. The Hall–Kier alpha value is -1.55. The standard InChI is InChI=1S/C21H32N2O2/c1-15(2)12-16-6-5-7-18(13-16)21(3,4)23(20(24)25)19-14-22-10-8-17(19)9-11-22/h5-7,13,15,17,19H,8-12,14H2,1-4H3,(H,24,25). The van der Waals surface area contributed by atoms with Crippen molar-refractivity contribution >= 4 is 6.09 Å². The van der Waals surface area contributed by atoms with Gasteiger partial charge in [0, 0.05) is 6.54 Å². The van der Waals surface area contributed by atoms with Crippen LogP contribution < -0.4 is 0 Å². The molecular weight excluding hydrogens is 312 g/mol. The number of carboxylic acid groups (broad SMARTS) is 1. The van der Waals surface area contributed by atoms with E-state index in [-0.39, 0.29) is 6.04 Å². The van der Waals surface area contributed by atoms with Gasteiger partial charge in [-0.1, -0.05) is 38.1 Å². The van der Waals surface area contributed by atoms with Gasteiger partial charge in [-0.15, -0.1) is 0 Å². The van der Waals surface area contributed by atoms with Crippen molar-refractivity contribution in [3.63, 3.8) is 0 Å². The summed E-state index contributed by atoms with van der Waals surface area (Å²) in [6, 6.07) is 8.62. The maximum absolute atomic E-state index is 12.3. The second-order valence-corrected chi connectivity index (χ2v) is 8.72. The van der Waals surface area contributed by atoms with E-state index in [1.807, 2.05) is 0 Å². The van der Waals surface area contributed by atoms with E-state index in [0.717, 1.165) is 44.5 Å². The number of nitrogens with zero attached hydrogens (tertiary/aromatic N) is 2. The summed E-state index contributed by atoms with van der Waals surface area (Å²) >= 11 is 0. The Balaban J connectivity index is 1.91. The molecule has 4 heteroatoms. The molecule has 4 nitrogen and oxygen atoms in total. The van der Waals surface area contributed by atoms with Gasteiger partial charge in [-0.25, -0.2) is 4.79 Å². The molecule has 0 aliphatic carbocycles. The molecule has 0 aromatic heterocycles. The van der Waals surface area contributed by atoms with Gasteiger partial charge in [0.05, 0.1) is 11.6 Å². The molecule has 3 aliphatic rings. The smallest absolute Gasteiger partial charge is 0.408 e. The molecule has 3 aliphatic heterocycles. The number of hydrogen-bond donors (Lipinski definition) is 1. The molecule has 25 heavy (non-hydrogen) atoms. The average Bonchev–Trinajstić information content (AvgIpc) is 2.55. The van der Waals surface area contributed by atoms with E-state index in [1.165, 1.54) is 5.56 Å². The van der Waals surface area contributed by atoms with Crippen molar-refractivity contribution in [3.8, 4) is 0 Å². The quantitative estimate of drug-likeness (QED) is 0.871. The van der Waals surface area contributed by atoms with Gasteiger partial charge in [-0.2, -0.15) is 0 Å². The summed E-state index contributed by atoms with van der Waals surface area (Å²) in [4.78, 5) is 16.4. The van der Waals surface area contributed by atoms with E-state index >= 15 is 0 Å². The van der Waals surface area contributed by atoms with Crippen LogP contribution in [0.3, 0.4) is 0 Å². The van der Waals surface area contributed by atoms with Gasteiger partial charge >= 0.3 is 6.09 Å². The number of carbonyl (C=O) groups is 1. The fourth-order valence-electron chi connectivity index (χ4n) is 4.71. The summed E-state index contributed by atoms with van der Waals surface area (Å²) in [5.74, 6) is 1.09. The van der Waals surface area contributed by atoms with Gasteiger partial charge < -0.3 is 10.0 Å². The van der Waals surface area contributed by atoms with Gasteiger partial charge in [-0.3, -0.25) is 4.90 Å². The molecule has 4 rings (SSSR count). The van der Waals surface area contributed by atoms with Gasteiger partial charge in [0.1, 0.15) is 0 Å². The van der Waals surface area contributed by atoms with Crippen molar-refractivity contribution in [2.24, 2.45) is 11.8 Å². The molecule has 2 bridgehead atoms. The van der Waals surface area contributed by atoms with Crippen LogP contribution in [0.5, 0.6) is 0 Å². The Bertz CT molecular complexity index is 618. The number of amides is 1. The van der Waals surface area contributed by atoms with Crippen molar-refractivity contribution in [2.75, 3.05) is 19.6 Å². The number of rotatable bonds is 5. The van der Waals surface area contributed by atoms with Crippen molar-refractivity contribution < 1.29 is 9.90 Å². The van der Waals surface area contributed by atoms with Crippen LogP contribution in [0, 0.1) is 11.8 Å². The maximum atomic E-state index is 12.3. The number of piperidine rings is 3. The molecule has 0 saturated carbocycles. The van der Waals surface area contributed by atoms with E-state index in [2.05, 4.69) is 56.9 Å². The zero-order valence-corrected chi connectivity index (χ0v) is 16.0. The molecule has 3 fully saturated rings. The second-order valence-electron chi connectivity index (χ2n) is 8.72. The van der Waals surface area contributed by atoms with E-state index in [4.69, 9.17) is 0 Å². The summed E-state index contributed by atoms with van der Waals surface area (Å²) in [5.41, 5.74) is 1.87. The Morgan fingerprint density at radius 2 is 2.00 bits per heavy atom. The minimum atomic E-state index is -0.794. The van der Waals surface area contributed by atoms with Crippen LogP contribution in [-0.4, -0.2) is 46.7 Å². The second kappa shape index (κ2) is 6.99. The first-order valence-corrected chi connectivity index (χ1v) is 9.63. The first-order valence-electron chi connectivity index (χ1n) is 9.63. The summed E-state index contributed by atoms with van der Waals surface area (Å²) < 4.78 is 0. The number of benzene rings is 1. The molecule has 0 radical (unpaired) electrons. The van der Waals surface area contributed by atoms with Crippen LogP contribution in [0.25, 0.3) is 0 Å². The minimum Gasteiger partial charge on any atom is -0.465 e. The molecule has 3 heterocycles. The summed E-state index contributed by atoms with van der Waals surface area (Å²) in [6.45, 7) is 11.7. The lowest BCUT2D eigenvalue weighted by molar-refractivity contribution is -0.0289. The lowest BCUT2D eigenvalue weighted by atomic mass is 9.80. The molecule has 3 saturated heterocycles. The Morgan fingerprint density at radius 1 is 1.32 bits per heavy atom. The van der Waals surface area contributed by atoms with Gasteiger partial charge in [0.15, 0.2) is 0 Å². The molecule has 1 unspecified atom stereocenters. The van der Waals surface area contributed by atoms with E-state index < -0.39 is 11.6 Å². The highest BCUT2D eigenvalue weighted by Crippen LogP contribution is 2.38. The van der Waals surface area contributed by atoms with Crippen molar-refractivity contribution in [2.45, 2.75) is 58.5 Å². The predicted molar refractivity (Wildman–Crippen MR) is 101 cm³/mol. The molecule has 1 aromatic carbocycles. The maximum Gasteiger partial charge on any atom is 0.408 e. The highest BCUT2D eigenvalue weighted by molar-refractivity contribution is 5.67. The first kappa shape index (κ1) is 18.2. The molecule has 0 spiro atoms. The van der Waals surface area contributed by atoms with Crippen LogP contribution in [0.1, 0.15) is 51.7 Å². The summed E-state index contributed by atoms with van der Waals surface area (Å²) in [7, 11) is 0. The Kier molecular flexibility index (Phi) is 5.10. The Labute approximate surface area is 151 Å². The SMILES string of the molecule is CC(C)Cc1cccc(C(C)(C)N(C(=O)O)C2CN3CCC2CC3)c1. The minimum absolute atomic E-state index is 0.101. The highest BCUT2D eigenvalue weighted by Gasteiger charge is 2.45. The van der Waals surface area contributed by atoms with Crippen LogP contribution >= 0.6 is 0 Å². The van der Waals surface area contributed by atoms with Gasteiger partial charge in [0.25, 0.3) is 0 Å². The van der Waals surface area contributed by atoms with Gasteiger partial charge in [-0.05, 0) is 69.2 Å². The predicted octanol–water partition coefficient (Wildman–Crippen LogP) is 4.19. The fraction of sp³-hybridized carbons (Fsp3) is 0.667. The third-order valence-electron chi connectivity index (χ3n) is 6.04. The van der Waals surface area contributed by atoms with Crippen LogP contribution in [0.4, 0.5) is 4.79 Å². The Morgan fingerprint density at radius 3 is 2.52 bits per heavy atom. The largest absolute Gasteiger partial charge is 0.465 e. The topological polar surface area (TPSA) is 43.8 Å². The third kappa shape index (κ3) is 3.69. The zero-order chi connectivity index (χ0) is 18.2. The summed E-state index contributed by atoms with van der Waals surface area (Å²) in [5, 5.41) is 10.1. The fourth-order valence-corrected chi connectivity index (χ4v) is 4.71. The van der Waals surface area contributed by atoms with Crippen molar-refractivity contribution in [1.82, 2.24) is 9.80 Å². The number of hydrogen-bond acceptors (Lipinski definition) is 2. The average molecular weight is 344 g/mol. The van der Waals surface area contributed by atoms with E-state index in [0.29, 0.717) is 11.8 Å². The molecule has 138 valence electrons. The lowest BCUT2D eigenvalue weighted by Gasteiger charge is -2.52. The van der Waals surface area contributed by atoms with Crippen LogP contribution in [0.2, 0.25) is 0 Å². The molecule has 1 N–H and O–H groups in total. The van der Waals surface area contributed by atoms with Crippen molar-refractivity contribution in [1.29, 1.82) is 0 Å². The summed E-state index contributed by atoms with van der Waals surface area (Å²) in [6.07, 6.45) is 2.48. The van der Waals surface area contributed by atoms with Gasteiger partial charge in [0.2, 0.25) is 0 Å². The molecular formula is C21H32N2O2. The molecule has 1 aromatic rings. The molecule has 1 amide bonds. The molecule has 1 atom stereocenters. The van der Waals surface area contributed by atoms with Crippen LogP contribution in [0.15, 0.2) is 24.3 Å². The zero-order valence-electron chi connectivity index (χ0n) is 16.0. The number of fused-ring (bicyclic) bond motifs is 3. The van der Waals surface area contributed by atoms with Crippen LogP contribution in [-0.2, 0) is 12.0 Å². The first-order chi connectivity index (χ1) is 11.8. The monoisotopic (exact) mass is 344 g/mol.